The Kier molecular flexibility index (Phi) is 1.50. The number of ketones is 1. The van der Waals surface area contributed by atoms with Gasteiger partial charge in [-0.05, 0) is 30.9 Å². The van der Waals surface area contributed by atoms with Crippen LogP contribution in [-0.4, -0.2) is 5.78 Å². The lowest BCUT2D eigenvalue weighted by Crippen LogP contribution is -2.21. The highest BCUT2D eigenvalue weighted by atomic mass is 16.1. The average Bonchev–Trinajstić information content (AvgIpc) is 2.26. The summed E-state index contributed by atoms with van der Waals surface area (Å²) in [5, 5.41) is 0. The second kappa shape index (κ2) is 2.32. The third kappa shape index (κ3) is 0.961. The van der Waals surface area contributed by atoms with E-state index in [-0.39, 0.29) is 11.2 Å². The molecule has 0 unspecified atom stereocenters. The minimum absolute atomic E-state index is 0.145. The van der Waals surface area contributed by atoms with Crippen molar-refractivity contribution >= 4 is 5.78 Å². The molecular formula is C11H14O. The molecule has 0 heterocycles. The van der Waals surface area contributed by atoms with E-state index in [1.165, 1.54) is 17.6 Å². The zero-order valence-corrected chi connectivity index (χ0v) is 7.52. The van der Waals surface area contributed by atoms with E-state index in [1.807, 2.05) is 6.08 Å². The largest absolute Gasteiger partial charge is 0.295 e. The smallest absolute Gasteiger partial charge is 0.156 e. The van der Waals surface area contributed by atoms with E-state index < -0.39 is 0 Å². The molecule has 2 aliphatic rings. The molecule has 1 nitrogen and oxygen atoms in total. The fraction of sp³-hybridized carbons (Fsp3) is 0.545. The predicted molar refractivity (Wildman–Crippen MR) is 48.8 cm³/mol. The molecule has 1 saturated carbocycles. The van der Waals surface area contributed by atoms with Gasteiger partial charge in [-0.15, -0.1) is 0 Å². The van der Waals surface area contributed by atoms with Gasteiger partial charge in [0, 0.05) is 11.8 Å². The summed E-state index contributed by atoms with van der Waals surface area (Å²) in [6.45, 7) is 6.20. The molecule has 0 amide bonds. The van der Waals surface area contributed by atoms with Crippen LogP contribution in [0, 0.1) is 5.41 Å². The van der Waals surface area contributed by atoms with Crippen LogP contribution in [0.3, 0.4) is 0 Å². The van der Waals surface area contributed by atoms with Gasteiger partial charge in [0.1, 0.15) is 0 Å². The lowest BCUT2D eigenvalue weighted by molar-refractivity contribution is -0.115. The molecule has 1 fully saturated rings. The Balaban J connectivity index is 2.41. The second-order valence-corrected chi connectivity index (χ2v) is 4.22. The zero-order chi connectivity index (χ0) is 8.77. The molecule has 0 radical (unpaired) electrons. The first kappa shape index (κ1) is 7.78. The van der Waals surface area contributed by atoms with E-state index in [4.69, 9.17) is 0 Å². The van der Waals surface area contributed by atoms with Gasteiger partial charge in [-0.1, -0.05) is 19.1 Å². The maximum atomic E-state index is 11.2. The molecule has 0 spiro atoms. The number of fused-ring (bicyclic) bond motifs is 1. The predicted octanol–water partition coefficient (Wildman–Crippen LogP) is 2.63. The molecule has 1 atom stereocenters. The van der Waals surface area contributed by atoms with Crippen molar-refractivity contribution in [3.63, 3.8) is 0 Å². The van der Waals surface area contributed by atoms with Gasteiger partial charge < -0.3 is 0 Å². The number of allylic oxidation sites excluding steroid dienone is 3. The van der Waals surface area contributed by atoms with Crippen LogP contribution in [0.2, 0.25) is 0 Å². The van der Waals surface area contributed by atoms with E-state index >= 15 is 0 Å². The van der Waals surface area contributed by atoms with Gasteiger partial charge in [-0.3, -0.25) is 4.79 Å². The third-order valence-electron chi connectivity index (χ3n) is 3.11. The Morgan fingerprint density at radius 3 is 3.00 bits per heavy atom. The average molecular weight is 162 g/mol. The fourth-order valence-corrected chi connectivity index (χ4v) is 2.44. The standard InChI is InChI=1S/C11H14O/c1-8-4-3-5-11(2)7-9(12)6-10(8)11/h6H,1,3-5,7H2,2H3/t11-/m0/s1. The molecule has 2 rings (SSSR count). The minimum atomic E-state index is 0.145. The zero-order valence-electron chi connectivity index (χ0n) is 7.52. The molecule has 2 aliphatic carbocycles. The normalized spacial score (nSPS) is 34.9. The van der Waals surface area contributed by atoms with E-state index in [0.717, 1.165) is 12.8 Å². The van der Waals surface area contributed by atoms with Crippen LogP contribution in [-0.2, 0) is 4.79 Å². The van der Waals surface area contributed by atoms with Crippen molar-refractivity contribution in [2.75, 3.05) is 0 Å². The van der Waals surface area contributed by atoms with Gasteiger partial charge in [-0.25, -0.2) is 0 Å². The Bertz CT molecular complexity index is 285. The fourth-order valence-electron chi connectivity index (χ4n) is 2.44. The minimum Gasteiger partial charge on any atom is -0.295 e. The summed E-state index contributed by atoms with van der Waals surface area (Å²) in [7, 11) is 0. The number of hydrogen-bond donors (Lipinski definition) is 0. The first-order valence-corrected chi connectivity index (χ1v) is 4.55. The van der Waals surface area contributed by atoms with Crippen LogP contribution >= 0.6 is 0 Å². The van der Waals surface area contributed by atoms with Crippen molar-refractivity contribution in [1.29, 1.82) is 0 Å². The highest BCUT2D eigenvalue weighted by molar-refractivity contribution is 5.95. The monoisotopic (exact) mass is 162 g/mol. The van der Waals surface area contributed by atoms with Crippen LogP contribution in [0.25, 0.3) is 0 Å². The number of carbonyl (C=O) groups is 1. The summed E-state index contributed by atoms with van der Waals surface area (Å²) in [6, 6.07) is 0. The van der Waals surface area contributed by atoms with E-state index in [0.29, 0.717) is 6.42 Å². The van der Waals surface area contributed by atoms with Gasteiger partial charge in [0.25, 0.3) is 0 Å². The lowest BCUT2D eigenvalue weighted by Gasteiger charge is -2.33. The van der Waals surface area contributed by atoms with Crippen LogP contribution in [0.15, 0.2) is 23.8 Å². The van der Waals surface area contributed by atoms with Gasteiger partial charge in [0.15, 0.2) is 5.78 Å². The number of carbonyl (C=O) groups excluding carboxylic acids is 1. The maximum Gasteiger partial charge on any atom is 0.156 e. The lowest BCUT2D eigenvalue weighted by atomic mass is 9.71. The Labute approximate surface area is 73.2 Å². The highest BCUT2D eigenvalue weighted by Gasteiger charge is 2.39. The first-order chi connectivity index (χ1) is 5.62. The summed E-state index contributed by atoms with van der Waals surface area (Å²) in [4.78, 5) is 11.2. The molecule has 0 aromatic heterocycles. The molecule has 0 bridgehead atoms. The van der Waals surface area contributed by atoms with E-state index in [2.05, 4.69) is 13.5 Å². The van der Waals surface area contributed by atoms with E-state index in [9.17, 15) is 4.79 Å². The molecule has 0 aromatic rings. The Hall–Kier alpha value is -0.850. The van der Waals surface area contributed by atoms with Crippen molar-refractivity contribution in [2.45, 2.75) is 32.6 Å². The highest BCUT2D eigenvalue weighted by Crippen LogP contribution is 2.48. The SMILES string of the molecule is C=C1CCC[C@@]2(C)CC(=O)C=C12. The second-order valence-electron chi connectivity index (χ2n) is 4.22. The summed E-state index contributed by atoms with van der Waals surface area (Å²) >= 11 is 0. The Morgan fingerprint density at radius 2 is 2.33 bits per heavy atom. The van der Waals surface area contributed by atoms with Crippen LogP contribution in [0.5, 0.6) is 0 Å². The van der Waals surface area contributed by atoms with Gasteiger partial charge in [0.05, 0.1) is 0 Å². The van der Waals surface area contributed by atoms with Gasteiger partial charge >= 0.3 is 0 Å². The van der Waals surface area contributed by atoms with Crippen molar-refractivity contribution in [3.05, 3.63) is 23.8 Å². The summed E-state index contributed by atoms with van der Waals surface area (Å²) in [5.74, 6) is 0.288. The molecule has 1 heteroatoms. The van der Waals surface area contributed by atoms with Crippen molar-refractivity contribution < 1.29 is 4.79 Å². The maximum absolute atomic E-state index is 11.2. The van der Waals surface area contributed by atoms with Gasteiger partial charge in [0.2, 0.25) is 0 Å². The first-order valence-electron chi connectivity index (χ1n) is 4.55. The molecule has 0 saturated heterocycles. The quantitative estimate of drug-likeness (QED) is 0.535. The third-order valence-corrected chi connectivity index (χ3v) is 3.11. The van der Waals surface area contributed by atoms with Crippen LogP contribution in [0.1, 0.15) is 32.6 Å². The van der Waals surface area contributed by atoms with Crippen molar-refractivity contribution in [2.24, 2.45) is 5.41 Å². The molecule has 0 aliphatic heterocycles. The van der Waals surface area contributed by atoms with Crippen molar-refractivity contribution in [1.82, 2.24) is 0 Å². The molecule has 12 heavy (non-hydrogen) atoms. The molecule has 0 aromatic carbocycles. The van der Waals surface area contributed by atoms with Gasteiger partial charge in [-0.2, -0.15) is 0 Å². The van der Waals surface area contributed by atoms with Crippen LogP contribution in [0.4, 0.5) is 0 Å². The number of rotatable bonds is 0. The summed E-state index contributed by atoms with van der Waals surface area (Å²) < 4.78 is 0. The summed E-state index contributed by atoms with van der Waals surface area (Å²) in [6.07, 6.45) is 5.95. The molecule has 0 N–H and O–H groups in total. The van der Waals surface area contributed by atoms with Crippen LogP contribution < -0.4 is 0 Å². The number of hydrogen-bond acceptors (Lipinski definition) is 1. The molecule has 64 valence electrons. The van der Waals surface area contributed by atoms with Crippen molar-refractivity contribution in [3.8, 4) is 0 Å². The molecular weight excluding hydrogens is 148 g/mol. The van der Waals surface area contributed by atoms with E-state index in [1.54, 1.807) is 0 Å². The summed E-state index contributed by atoms with van der Waals surface area (Å²) in [5.41, 5.74) is 2.57. The Morgan fingerprint density at radius 1 is 1.58 bits per heavy atom. The topological polar surface area (TPSA) is 17.1 Å².